The summed E-state index contributed by atoms with van der Waals surface area (Å²) in [6, 6.07) is 0. The van der Waals surface area contributed by atoms with Crippen LogP contribution in [-0.2, 0) is 4.74 Å². The molecule has 4 saturated carbocycles. The number of aliphatic hydroxyl groups is 4. The molecular weight excluding hydrogens is 440 g/mol. The van der Waals surface area contributed by atoms with Crippen molar-refractivity contribution in [1.82, 2.24) is 0 Å². The van der Waals surface area contributed by atoms with E-state index in [1.54, 1.807) is 13.8 Å². The highest BCUT2D eigenvalue weighted by molar-refractivity contribution is 5.20. The molecule has 202 valence electrons. The first-order chi connectivity index (χ1) is 15.9. The van der Waals surface area contributed by atoms with Crippen LogP contribution in [0.1, 0.15) is 107 Å². The van der Waals surface area contributed by atoms with Crippen LogP contribution in [0.4, 0.5) is 0 Å². The van der Waals surface area contributed by atoms with Crippen LogP contribution in [-0.4, -0.2) is 56.0 Å². The minimum absolute atomic E-state index is 0.00166. The van der Waals surface area contributed by atoms with Gasteiger partial charge in [0, 0.05) is 6.42 Å². The molecule has 0 aromatic carbocycles. The molecule has 1 saturated heterocycles. The maximum Gasteiger partial charge on any atom is 0.112 e. The van der Waals surface area contributed by atoms with E-state index in [4.69, 9.17) is 4.74 Å². The summed E-state index contributed by atoms with van der Waals surface area (Å²) in [5.74, 6) is 1.20. The molecule has 0 radical (unpaired) electrons. The molecule has 35 heavy (non-hydrogen) atoms. The zero-order chi connectivity index (χ0) is 26.0. The van der Waals surface area contributed by atoms with Crippen LogP contribution in [0.25, 0.3) is 0 Å². The largest absolute Gasteiger partial charge is 0.393 e. The third-order valence-corrected chi connectivity index (χ3v) is 13.2. The Morgan fingerprint density at radius 1 is 0.771 bits per heavy atom. The fraction of sp³-hybridized carbons (Fsp3) is 1.00. The smallest absolute Gasteiger partial charge is 0.112 e. The fourth-order valence-electron chi connectivity index (χ4n) is 11.2. The van der Waals surface area contributed by atoms with Gasteiger partial charge in [0.1, 0.15) is 6.10 Å². The van der Waals surface area contributed by atoms with Crippen molar-refractivity contribution in [2.75, 3.05) is 0 Å². The first-order valence-electron chi connectivity index (χ1n) is 14.4. The van der Waals surface area contributed by atoms with Crippen LogP contribution in [0.5, 0.6) is 0 Å². The maximum absolute atomic E-state index is 11.9. The third kappa shape index (κ3) is 3.36. The first kappa shape index (κ1) is 26.4. The summed E-state index contributed by atoms with van der Waals surface area (Å²) in [5, 5.41) is 44.3. The van der Waals surface area contributed by atoms with E-state index in [1.807, 2.05) is 0 Å². The van der Waals surface area contributed by atoms with Crippen LogP contribution in [0.3, 0.4) is 0 Å². The second-order valence-corrected chi connectivity index (χ2v) is 15.6. The van der Waals surface area contributed by atoms with Gasteiger partial charge >= 0.3 is 0 Å². The zero-order valence-electron chi connectivity index (χ0n) is 23.5. The quantitative estimate of drug-likeness (QED) is 0.449. The summed E-state index contributed by atoms with van der Waals surface area (Å²) in [5.41, 5.74) is -1.50. The Morgan fingerprint density at radius 2 is 1.40 bits per heavy atom. The van der Waals surface area contributed by atoms with Crippen LogP contribution >= 0.6 is 0 Å². The Morgan fingerprint density at radius 3 is 2.00 bits per heavy atom. The summed E-state index contributed by atoms with van der Waals surface area (Å²) in [6.45, 7) is 17.5. The number of hydrogen-bond acceptors (Lipinski definition) is 5. The number of hydrogen-bond donors (Lipinski definition) is 4. The SMILES string of the molecule is CC(C)(O)[C@H]1O[C@](C)([C@H]2CC[C@]3(C)[C@@H]2[C@H](O)C[C@@H]2[C@@]4(C)CC[C@H](O)C(C)(C)[C@@H]4CC[C@]23C)C[C@@H]1O. The summed E-state index contributed by atoms with van der Waals surface area (Å²) in [6.07, 6.45) is 5.65. The monoisotopic (exact) mass is 492 g/mol. The Labute approximate surface area is 213 Å². The van der Waals surface area contributed by atoms with Crippen LogP contribution in [0.2, 0.25) is 0 Å². The van der Waals surface area contributed by atoms with Crippen molar-refractivity contribution in [2.45, 2.75) is 142 Å². The topological polar surface area (TPSA) is 90.2 Å². The molecule has 0 amide bonds. The van der Waals surface area contributed by atoms with Gasteiger partial charge in [-0.05, 0) is 111 Å². The number of ether oxygens (including phenoxy) is 1. The van der Waals surface area contributed by atoms with Gasteiger partial charge < -0.3 is 25.2 Å². The predicted molar refractivity (Wildman–Crippen MR) is 137 cm³/mol. The Kier molecular flexibility index (Phi) is 5.80. The molecule has 4 aliphatic carbocycles. The van der Waals surface area contributed by atoms with Crippen molar-refractivity contribution in [3.63, 3.8) is 0 Å². The second-order valence-electron chi connectivity index (χ2n) is 15.6. The molecular formula is C30H52O5. The molecule has 5 fully saturated rings. The molecule has 0 aromatic rings. The van der Waals surface area contributed by atoms with E-state index in [9.17, 15) is 20.4 Å². The molecule has 0 spiro atoms. The predicted octanol–water partition coefficient (Wildman–Crippen LogP) is 4.68. The molecule has 5 rings (SSSR count). The number of aliphatic hydroxyl groups excluding tert-OH is 3. The van der Waals surface area contributed by atoms with Gasteiger partial charge in [0.05, 0.1) is 29.5 Å². The molecule has 5 heteroatoms. The average Bonchev–Trinajstić information content (AvgIpc) is 3.26. The molecule has 5 nitrogen and oxygen atoms in total. The van der Waals surface area contributed by atoms with Crippen molar-refractivity contribution in [2.24, 2.45) is 45.3 Å². The average molecular weight is 493 g/mol. The lowest BCUT2D eigenvalue weighted by Gasteiger charge is -2.70. The van der Waals surface area contributed by atoms with Crippen LogP contribution in [0.15, 0.2) is 0 Å². The maximum atomic E-state index is 11.9. The minimum atomic E-state index is -1.10. The standard InChI is InChI=1S/C30H52O5/c1-25(2)20-10-14-28(6)21(27(20,5)12-11-22(25)33)15-18(31)23-17(9-13-29(23,28)7)30(8)16-19(32)24(35-30)26(3,4)34/h17-24,31-34H,9-16H2,1-8H3/t17-,18+,19-,20-,21+,22-,23-,24-,27-,28+,29+,30-/m0/s1. The molecule has 5 aliphatic rings. The Balaban J connectivity index is 1.49. The van der Waals surface area contributed by atoms with Crippen molar-refractivity contribution < 1.29 is 25.2 Å². The van der Waals surface area contributed by atoms with E-state index in [2.05, 4.69) is 41.5 Å². The first-order valence-corrected chi connectivity index (χ1v) is 14.4. The molecule has 0 unspecified atom stereocenters. The highest BCUT2D eigenvalue weighted by atomic mass is 16.5. The zero-order valence-corrected chi connectivity index (χ0v) is 23.5. The van der Waals surface area contributed by atoms with Gasteiger partial charge in [0.25, 0.3) is 0 Å². The molecule has 1 heterocycles. The van der Waals surface area contributed by atoms with Gasteiger partial charge in [0.15, 0.2) is 0 Å². The summed E-state index contributed by atoms with van der Waals surface area (Å²) < 4.78 is 6.53. The van der Waals surface area contributed by atoms with Crippen molar-refractivity contribution in [3.05, 3.63) is 0 Å². The number of rotatable bonds is 2. The fourth-order valence-corrected chi connectivity index (χ4v) is 11.2. The highest BCUT2D eigenvalue weighted by Crippen LogP contribution is 2.76. The van der Waals surface area contributed by atoms with E-state index >= 15 is 0 Å². The molecule has 1 aliphatic heterocycles. The van der Waals surface area contributed by atoms with E-state index < -0.39 is 29.5 Å². The van der Waals surface area contributed by atoms with Gasteiger partial charge in [-0.15, -0.1) is 0 Å². The summed E-state index contributed by atoms with van der Waals surface area (Å²) in [4.78, 5) is 0. The van der Waals surface area contributed by atoms with E-state index in [0.29, 0.717) is 18.3 Å². The van der Waals surface area contributed by atoms with E-state index in [-0.39, 0.29) is 39.6 Å². The van der Waals surface area contributed by atoms with Crippen LogP contribution < -0.4 is 0 Å². The summed E-state index contributed by atoms with van der Waals surface area (Å²) in [7, 11) is 0. The highest BCUT2D eigenvalue weighted by Gasteiger charge is 2.72. The molecule has 4 N–H and O–H groups in total. The lowest BCUT2D eigenvalue weighted by molar-refractivity contribution is -0.249. The van der Waals surface area contributed by atoms with Gasteiger partial charge in [0.2, 0.25) is 0 Å². The van der Waals surface area contributed by atoms with E-state index in [0.717, 1.165) is 44.9 Å². The molecule has 12 atom stereocenters. The van der Waals surface area contributed by atoms with Gasteiger partial charge in [-0.3, -0.25) is 0 Å². The van der Waals surface area contributed by atoms with Crippen LogP contribution in [0, 0.1) is 45.3 Å². The van der Waals surface area contributed by atoms with Crippen molar-refractivity contribution in [1.29, 1.82) is 0 Å². The van der Waals surface area contributed by atoms with Gasteiger partial charge in [-0.25, -0.2) is 0 Å². The molecule has 0 bridgehead atoms. The van der Waals surface area contributed by atoms with Crippen molar-refractivity contribution >= 4 is 0 Å². The minimum Gasteiger partial charge on any atom is -0.393 e. The normalized spacial score (nSPS) is 57.9. The second kappa shape index (κ2) is 7.68. The Bertz CT molecular complexity index is 850. The third-order valence-electron chi connectivity index (χ3n) is 13.2. The number of fused-ring (bicyclic) bond motifs is 5. The summed E-state index contributed by atoms with van der Waals surface area (Å²) >= 11 is 0. The lowest BCUT2D eigenvalue weighted by atomic mass is 9.35. The molecule has 0 aromatic heterocycles. The van der Waals surface area contributed by atoms with Crippen molar-refractivity contribution in [3.8, 4) is 0 Å². The Hall–Kier alpha value is -0.200. The van der Waals surface area contributed by atoms with Gasteiger partial charge in [-0.2, -0.15) is 0 Å². The van der Waals surface area contributed by atoms with E-state index in [1.165, 1.54) is 0 Å². The lowest BCUT2D eigenvalue weighted by Crippen LogP contribution is -2.66. The van der Waals surface area contributed by atoms with Gasteiger partial charge in [-0.1, -0.05) is 34.6 Å².